The number of rotatable bonds is 10. The molecule has 0 saturated heterocycles. The molecule has 0 aliphatic carbocycles. The second-order valence-electron chi connectivity index (χ2n) is 6.36. The molecule has 0 saturated carbocycles. The molecular weight excluding hydrogens is 575 g/mol. The van der Waals surface area contributed by atoms with Crippen molar-refractivity contribution in [2.75, 3.05) is 7.11 Å². The summed E-state index contributed by atoms with van der Waals surface area (Å²) in [5, 5.41) is 1.54. The number of ether oxygens (including phenoxy) is 1. The highest BCUT2D eigenvalue weighted by Gasteiger charge is 2.88. The van der Waals surface area contributed by atoms with Gasteiger partial charge in [-0.15, -0.1) is 0 Å². The Labute approximate surface area is 189 Å². The third-order valence-corrected chi connectivity index (χ3v) is 4.88. The monoisotopic (exact) mass is 583 g/mol. The van der Waals surface area contributed by atoms with Crippen molar-refractivity contribution in [3.8, 4) is 5.75 Å². The Morgan fingerprint density at radius 2 is 1.22 bits per heavy atom. The molecule has 208 valence electrons. The molecule has 0 fully saturated rings. The largest absolute Gasteiger partial charge is 0.536 e. The van der Waals surface area contributed by atoms with Crippen molar-refractivity contribution in [3.05, 3.63) is 29.8 Å². The summed E-state index contributed by atoms with van der Waals surface area (Å²) in [7, 11) is -6.15. The summed E-state index contributed by atoms with van der Waals surface area (Å²) < 4.78 is 228. The quantitative estimate of drug-likeness (QED) is 0.153. The first-order valence-electron chi connectivity index (χ1n) is 8.23. The number of oxime groups is 1. The molecule has 0 bridgehead atoms. The van der Waals surface area contributed by atoms with Crippen molar-refractivity contribution in [2.45, 2.75) is 41.5 Å². The standard InChI is InChI=1S/C15H8F15NO4S/c1-34-7-4-2-6(3-5-7)8(31-35-36(32,33)15(28,29)30)10(18,19)12(22,23)14(26,27)13(24,25)11(20,21)9(16)17/h2-5,9H,1H3. The Hall–Kier alpha value is -2.61. The summed E-state index contributed by atoms with van der Waals surface area (Å²) in [4.78, 5) is 0. The van der Waals surface area contributed by atoms with Gasteiger partial charge in [-0.2, -0.15) is 65.5 Å². The molecule has 1 aromatic carbocycles. The molecule has 0 aliphatic heterocycles. The molecule has 0 aromatic heterocycles. The first kappa shape index (κ1) is 31.4. The number of hydrogen-bond donors (Lipinski definition) is 0. The smallest absolute Gasteiger partial charge is 0.497 e. The van der Waals surface area contributed by atoms with Gasteiger partial charge in [-0.1, -0.05) is 5.16 Å². The summed E-state index contributed by atoms with van der Waals surface area (Å²) in [6.07, 6.45) is -5.79. The summed E-state index contributed by atoms with van der Waals surface area (Å²) in [5.41, 5.74) is -11.4. The molecule has 21 heteroatoms. The van der Waals surface area contributed by atoms with Crippen LogP contribution in [0, 0.1) is 0 Å². The van der Waals surface area contributed by atoms with Gasteiger partial charge in [0.15, 0.2) is 5.71 Å². The van der Waals surface area contributed by atoms with E-state index in [2.05, 4.69) is 9.02 Å². The minimum absolute atomic E-state index is 0.120. The zero-order valence-corrected chi connectivity index (χ0v) is 17.4. The number of nitrogens with zero attached hydrogens (tertiary/aromatic N) is 1. The predicted octanol–water partition coefficient (Wildman–Crippen LogP) is 5.71. The summed E-state index contributed by atoms with van der Waals surface area (Å²) in [5.74, 6) is -38.6. The maximum absolute atomic E-state index is 14.5. The molecule has 1 rings (SSSR count). The Morgan fingerprint density at radius 3 is 1.58 bits per heavy atom. The molecule has 0 spiro atoms. The molecule has 0 atom stereocenters. The van der Waals surface area contributed by atoms with E-state index >= 15 is 0 Å². The predicted molar refractivity (Wildman–Crippen MR) is 86.3 cm³/mol. The van der Waals surface area contributed by atoms with Crippen LogP contribution in [-0.4, -0.2) is 62.8 Å². The maximum Gasteiger partial charge on any atom is 0.536 e. The third kappa shape index (κ3) is 4.97. The van der Waals surface area contributed by atoms with Crippen molar-refractivity contribution in [1.29, 1.82) is 0 Å². The normalized spacial score (nSPS) is 15.3. The van der Waals surface area contributed by atoms with Crippen LogP contribution in [0.4, 0.5) is 65.9 Å². The van der Waals surface area contributed by atoms with Crippen LogP contribution >= 0.6 is 0 Å². The average Bonchev–Trinajstić information content (AvgIpc) is 2.72. The van der Waals surface area contributed by atoms with E-state index in [1.54, 1.807) is 5.16 Å². The Balaban J connectivity index is 3.87. The van der Waals surface area contributed by atoms with Gasteiger partial charge in [0.25, 0.3) is 0 Å². The van der Waals surface area contributed by atoms with E-state index in [1.807, 2.05) is 0 Å². The van der Waals surface area contributed by atoms with E-state index in [-0.39, 0.29) is 17.9 Å². The van der Waals surface area contributed by atoms with Crippen molar-refractivity contribution < 1.29 is 83.3 Å². The van der Waals surface area contributed by atoms with Crippen LogP contribution in [0.5, 0.6) is 5.75 Å². The lowest BCUT2D eigenvalue weighted by atomic mass is 9.90. The molecule has 0 unspecified atom stereocenters. The van der Waals surface area contributed by atoms with E-state index < -0.39 is 62.9 Å². The Bertz CT molecular complexity index is 1070. The molecule has 0 N–H and O–H groups in total. The van der Waals surface area contributed by atoms with Gasteiger partial charge in [0.2, 0.25) is 0 Å². The SMILES string of the molecule is COc1ccc(C(=NOS(=O)(=O)C(F)(F)F)C(F)(F)C(F)(F)C(F)(F)C(F)(F)C(F)(F)C(F)F)cc1. The number of hydrogen-bond acceptors (Lipinski definition) is 5. The van der Waals surface area contributed by atoms with Gasteiger partial charge < -0.3 is 4.74 Å². The van der Waals surface area contributed by atoms with Gasteiger partial charge >= 0.3 is 51.7 Å². The second kappa shape index (κ2) is 9.36. The minimum atomic E-state index is -8.07. The van der Waals surface area contributed by atoms with E-state index in [0.29, 0.717) is 12.1 Å². The van der Waals surface area contributed by atoms with Crippen LogP contribution in [0.1, 0.15) is 5.56 Å². The second-order valence-corrected chi connectivity index (χ2v) is 7.88. The fourth-order valence-electron chi connectivity index (χ4n) is 2.06. The van der Waals surface area contributed by atoms with E-state index in [9.17, 15) is 74.3 Å². The van der Waals surface area contributed by atoms with E-state index in [0.717, 1.165) is 7.11 Å². The Morgan fingerprint density at radius 1 is 0.778 bits per heavy atom. The summed E-state index contributed by atoms with van der Waals surface area (Å²) >= 11 is 0. The highest BCUT2D eigenvalue weighted by Crippen LogP contribution is 2.58. The number of benzene rings is 1. The van der Waals surface area contributed by atoms with E-state index in [1.165, 1.54) is 0 Å². The van der Waals surface area contributed by atoms with Crippen LogP contribution in [-0.2, 0) is 14.4 Å². The maximum atomic E-state index is 14.5. The van der Waals surface area contributed by atoms with Crippen molar-refractivity contribution in [2.24, 2.45) is 5.16 Å². The van der Waals surface area contributed by atoms with Crippen LogP contribution in [0.3, 0.4) is 0 Å². The molecule has 0 radical (unpaired) electrons. The van der Waals surface area contributed by atoms with Gasteiger partial charge in [-0.3, -0.25) is 4.28 Å². The molecule has 5 nitrogen and oxygen atoms in total. The highest BCUT2D eigenvalue weighted by atomic mass is 32.2. The Kier molecular flexibility index (Phi) is 8.17. The lowest BCUT2D eigenvalue weighted by Crippen LogP contribution is -2.70. The number of alkyl halides is 15. The van der Waals surface area contributed by atoms with Crippen LogP contribution in [0.2, 0.25) is 0 Å². The topological polar surface area (TPSA) is 65.0 Å². The van der Waals surface area contributed by atoms with Gasteiger partial charge in [0.1, 0.15) is 5.75 Å². The van der Waals surface area contributed by atoms with Gasteiger partial charge in [0.05, 0.1) is 7.11 Å². The molecular formula is C15H8F15NO4S. The number of halogens is 15. The van der Waals surface area contributed by atoms with Crippen LogP contribution in [0.15, 0.2) is 29.4 Å². The zero-order chi connectivity index (χ0) is 28.8. The van der Waals surface area contributed by atoms with Crippen LogP contribution < -0.4 is 4.74 Å². The molecule has 0 heterocycles. The molecule has 36 heavy (non-hydrogen) atoms. The first-order chi connectivity index (χ1) is 15.8. The van der Waals surface area contributed by atoms with Crippen molar-refractivity contribution >= 4 is 15.8 Å². The summed E-state index contributed by atoms with van der Waals surface area (Å²) in [6, 6.07) is 1.26. The summed E-state index contributed by atoms with van der Waals surface area (Å²) in [6.45, 7) is 0. The van der Waals surface area contributed by atoms with Gasteiger partial charge in [0, 0.05) is 5.56 Å². The van der Waals surface area contributed by atoms with Crippen molar-refractivity contribution in [1.82, 2.24) is 0 Å². The lowest BCUT2D eigenvalue weighted by molar-refractivity contribution is -0.404. The zero-order valence-electron chi connectivity index (χ0n) is 16.5. The fraction of sp³-hybridized carbons (Fsp3) is 0.533. The van der Waals surface area contributed by atoms with E-state index in [4.69, 9.17) is 0 Å². The highest BCUT2D eigenvalue weighted by molar-refractivity contribution is 7.87. The van der Waals surface area contributed by atoms with Crippen molar-refractivity contribution in [3.63, 3.8) is 0 Å². The minimum Gasteiger partial charge on any atom is -0.497 e. The fourth-order valence-corrected chi connectivity index (χ4v) is 2.32. The number of methoxy groups -OCH3 is 1. The third-order valence-electron chi connectivity index (χ3n) is 4.05. The lowest BCUT2D eigenvalue weighted by Gasteiger charge is -2.39. The molecule has 0 aliphatic rings. The van der Waals surface area contributed by atoms with Crippen LogP contribution in [0.25, 0.3) is 0 Å². The molecule has 0 amide bonds. The first-order valence-corrected chi connectivity index (χ1v) is 9.63. The van der Waals surface area contributed by atoms with Gasteiger partial charge in [-0.05, 0) is 24.3 Å². The average molecular weight is 583 g/mol. The molecule has 1 aromatic rings. The van der Waals surface area contributed by atoms with Gasteiger partial charge in [-0.25, -0.2) is 8.78 Å².